The highest BCUT2D eigenvalue weighted by Gasteiger charge is 2.22. The zero-order valence-corrected chi connectivity index (χ0v) is 19.0. The SMILES string of the molecule is COCCc1ncc(CN2CCCC(c3ccc(Cc4cccc(OC)c4)cn3)C2)cn1. The molecule has 1 saturated heterocycles. The van der Waals surface area contributed by atoms with Crippen LogP contribution >= 0.6 is 0 Å². The number of piperidine rings is 1. The van der Waals surface area contributed by atoms with Crippen LogP contribution in [-0.2, 0) is 24.1 Å². The Labute approximate surface area is 190 Å². The number of aromatic nitrogens is 3. The van der Waals surface area contributed by atoms with Gasteiger partial charge >= 0.3 is 0 Å². The third kappa shape index (κ3) is 6.11. The fourth-order valence-corrected chi connectivity index (χ4v) is 4.28. The van der Waals surface area contributed by atoms with E-state index in [4.69, 9.17) is 14.5 Å². The number of methoxy groups -OCH3 is 2. The molecule has 1 atom stereocenters. The van der Waals surface area contributed by atoms with Gasteiger partial charge in [-0.05, 0) is 55.1 Å². The lowest BCUT2D eigenvalue weighted by Crippen LogP contribution is -2.34. The van der Waals surface area contributed by atoms with E-state index in [-0.39, 0.29) is 0 Å². The van der Waals surface area contributed by atoms with Crippen molar-refractivity contribution in [1.29, 1.82) is 0 Å². The van der Waals surface area contributed by atoms with E-state index in [1.807, 2.05) is 30.7 Å². The van der Waals surface area contributed by atoms with Crippen molar-refractivity contribution in [3.63, 3.8) is 0 Å². The van der Waals surface area contributed by atoms with E-state index >= 15 is 0 Å². The Morgan fingerprint density at radius 3 is 2.56 bits per heavy atom. The minimum absolute atomic E-state index is 0.469. The van der Waals surface area contributed by atoms with Crippen molar-refractivity contribution < 1.29 is 9.47 Å². The van der Waals surface area contributed by atoms with Gasteiger partial charge in [-0.1, -0.05) is 18.2 Å². The lowest BCUT2D eigenvalue weighted by Gasteiger charge is -2.32. The molecule has 3 heterocycles. The minimum atomic E-state index is 0.469. The standard InChI is InChI=1S/C26H32N4O2/c1-31-12-10-26-28-16-22(17-29-26)18-30-11-4-6-23(19-30)25-9-8-21(15-27-25)13-20-5-3-7-24(14-20)32-2/h3,5,7-9,14-17,23H,4,6,10-13,18-19H2,1-2H3. The largest absolute Gasteiger partial charge is 0.497 e. The molecule has 0 saturated carbocycles. The van der Waals surface area contributed by atoms with E-state index in [0.29, 0.717) is 12.5 Å². The average Bonchev–Trinajstić information content (AvgIpc) is 2.84. The molecule has 1 fully saturated rings. The Balaban J connectivity index is 1.33. The van der Waals surface area contributed by atoms with Crippen LogP contribution in [0.3, 0.4) is 0 Å². The van der Waals surface area contributed by atoms with Crippen LogP contribution in [0.1, 0.15) is 47.0 Å². The highest BCUT2D eigenvalue weighted by molar-refractivity contribution is 5.32. The second-order valence-electron chi connectivity index (χ2n) is 8.44. The molecule has 0 amide bonds. The maximum Gasteiger partial charge on any atom is 0.130 e. The number of likely N-dealkylation sites (tertiary alicyclic amines) is 1. The molecular formula is C26H32N4O2. The molecule has 32 heavy (non-hydrogen) atoms. The normalized spacial score (nSPS) is 16.8. The quantitative estimate of drug-likeness (QED) is 0.509. The molecule has 168 valence electrons. The monoisotopic (exact) mass is 432 g/mol. The van der Waals surface area contributed by atoms with Gasteiger partial charge in [-0.15, -0.1) is 0 Å². The zero-order valence-electron chi connectivity index (χ0n) is 19.0. The summed E-state index contributed by atoms with van der Waals surface area (Å²) in [6.45, 7) is 3.66. The van der Waals surface area contributed by atoms with Gasteiger partial charge in [0.05, 0.1) is 13.7 Å². The van der Waals surface area contributed by atoms with Gasteiger partial charge in [-0.3, -0.25) is 9.88 Å². The summed E-state index contributed by atoms with van der Waals surface area (Å²) in [6.07, 6.45) is 9.92. The second-order valence-corrected chi connectivity index (χ2v) is 8.44. The molecule has 3 aromatic rings. The van der Waals surface area contributed by atoms with Crippen molar-refractivity contribution in [1.82, 2.24) is 19.9 Å². The van der Waals surface area contributed by atoms with Crippen LogP contribution in [0.15, 0.2) is 55.0 Å². The highest BCUT2D eigenvalue weighted by Crippen LogP contribution is 2.27. The van der Waals surface area contributed by atoms with Crippen LogP contribution in [0.2, 0.25) is 0 Å². The summed E-state index contributed by atoms with van der Waals surface area (Å²) in [7, 11) is 3.40. The Morgan fingerprint density at radius 1 is 0.969 bits per heavy atom. The van der Waals surface area contributed by atoms with Gasteiger partial charge in [0.1, 0.15) is 11.6 Å². The Kier molecular flexibility index (Phi) is 7.80. The summed E-state index contributed by atoms with van der Waals surface area (Å²) in [6, 6.07) is 12.6. The summed E-state index contributed by atoms with van der Waals surface area (Å²) in [5, 5.41) is 0. The first-order valence-corrected chi connectivity index (χ1v) is 11.3. The summed E-state index contributed by atoms with van der Waals surface area (Å²) in [5.41, 5.74) is 4.81. The number of hydrogen-bond donors (Lipinski definition) is 0. The fourth-order valence-electron chi connectivity index (χ4n) is 4.28. The fraction of sp³-hybridized carbons (Fsp3) is 0.423. The van der Waals surface area contributed by atoms with E-state index in [0.717, 1.165) is 49.6 Å². The van der Waals surface area contributed by atoms with Gasteiger partial charge in [0.25, 0.3) is 0 Å². The molecule has 6 heteroatoms. The van der Waals surface area contributed by atoms with Crippen LogP contribution in [0.4, 0.5) is 0 Å². The van der Waals surface area contributed by atoms with Gasteiger partial charge in [-0.25, -0.2) is 9.97 Å². The van der Waals surface area contributed by atoms with E-state index < -0.39 is 0 Å². The third-order valence-electron chi connectivity index (χ3n) is 6.01. The molecule has 0 bridgehead atoms. The van der Waals surface area contributed by atoms with Crippen molar-refractivity contribution in [2.45, 2.75) is 38.1 Å². The van der Waals surface area contributed by atoms with Crippen LogP contribution in [0.25, 0.3) is 0 Å². The number of ether oxygens (including phenoxy) is 2. The smallest absolute Gasteiger partial charge is 0.130 e. The molecule has 0 aliphatic carbocycles. The Hall–Kier alpha value is -2.83. The summed E-state index contributed by atoms with van der Waals surface area (Å²) in [5.74, 6) is 2.20. The van der Waals surface area contributed by atoms with Crippen molar-refractivity contribution in [3.05, 3.63) is 83.2 Å². The molecule has 4 rings (SSSR count). The molecule has 1 aliphatic rings. The van der Waals surface area contributed by atoms with E-state index in [9.17, 15) is 0 Å². The van der Waals surface area contributed by atoms with Gasteiger partial charge in [0.2, 0.25) is 0 Å². The summed E-state index contributed by atoms with van der Waals surface area (Å²) >= 11 is 0. The Morgan fingerprint density at radius 2 is 1.81 bits per heavy atom. The molecule has 0 radical (unpaired) electrons. The number of pyridine rings is 1. The van der Waals surface area contributed by atoms with Crippen molar-refractivity contribution in [3.8, 4) is 5.75 Å². The predicted octanol–water partition coefficient (Wildman–Crippen LogP) is 4.04. The first kappa shape index (κ1) is 22.4. The molecule has 1 unspecified atom stereocenters. The minimum Gasteiger partial charge on any atom is -0.497 e. The first-order valence-electron chi connectivity index (χ1n) is 11.3. The molecule has 6 nitrogen and oxygen atoms in total. The van der Waals surface area contributed by atoms with Gasteiger partial charge < -0.3 is 9.47 Å². The zero-order chi connectivity index (χ0) is 22.2. The van der Waals surface area contributed by atoms with E-state index in [1.54, 1.807) is 14.2 Å². The van der Waals surface area contributed by atoms with Crippen LogP contribution in [0.5, 0.6) is 5.75 Å². The number of rotatable bonds is 9. The molecule has 1 aromatic carbocycles. The van der Waals surface area contributed by atoms with Crippen molar-refractivity contribution >= 4 is 0 Å². The first-order chi connectivity index (χ1) is 15.7. The molecule has 1 aliphatic heterocycles. The van der Waals surface area contributed by atoms with Gasteiger partial charge in [-0.2, -0.15) is 0 Å². The van der Waals surface area contributed by atoms with Crippen molar-refractivity contribution in [2.24, 2.45) is 0 Å². The maximum atomic E-state index is 5.33. The second kappa shape index (κ2) is 11.2. The lowest BCUT2D eigenvalue weighted by molar-refractivity contribution is 0.197. The summed E-state index contributed by atoms with van der Waals surface area (Å²) < 4.78 is 10.4. The van der Waals surface area contributed by atoms with E-state index in [1.165, 1.54) is 29.7 Å². The number of nitrogens with zero attached hydrogens (tertiary/aromatic N) is 4. The average molecular weight is 433 g/mol. The number of benzene rings is 1. The topological polar surface area (TPSA) is 60.4 Å². The third-order valence-corrected chi connectivity index (χ3v) is 6.01. The van der Waals surface area contributed by atoms with Crippen LogP contribution < -0.4 is 4.74 Å². The van der Waals surface area contributed by atoms with Crippen molar-refractivity contribution in [2.75, 3.05) is 33.9 Å². The molecule has 0 spiro atoms. The Bertz CT molecular complexity index is 976. The summed E-state index contributed by atoms with van der Waals surface area (Å²) in [4.78, 5) is 16.3. The lowest BCUT2D eigenvalue weighted by atomic mass is 9.93. The molecular weight excluding hydrogens is 400 g/mol. The van der Waals surface area contributed by atoms with Gasteiger partial charge in [0.15, 0.2) is 0 Å². The highest BCUT2D eigenvalue weighted by atomic mass is 16.5. The van der Waals surface area contributed by atoms with Gasteiger partial charge in [0, 0.05) is 62.4 Å². The molecule has 2 aromatic heterocycles. The maximum absolute atomic E-state index is 5.33. The van der Waals surface area contributed by atoms with Crippen LogP contribution in [0, 0.1) is 0 Å². The predicted molar refractivity (Wildman–Crippen MR) is 125 cm³/mol. The van der Waals surface area contributed by atoms with Crippen LogP contribution in [-0.4, -0.2) is 53.8 Å². The van der Waals surface area contributed by atoms with E-state index in [2.05, 4.69) is 39.1 Å². The number of hydrogen-bond acceptors (Lipinski definition) is 6. The molecule has 0 N–H and O–H groups in total.